The van der Waals surface area contributed by atoms with Crippen LogP contribution in [0.25, 0.3) is 10.9 Å². The average Bonchev–Trinajstić information content (AvgIpc) is 2.38. The van der Waals surface area contributed by atoms with Crippen molar-refractivity contribution in [1.29, 1.82) is 0 Å². The Balaban J connectivity index is 2.32. The van der Waals surface area contributed by atoms with Crippen LogP contribution in [-0.4, -0.2) is 10.9 Å². The number of para-hydroxylation sites is 1. The van der Waals surface area contributed by atoms with Crippen LogP contribution in [0.3, 0.4) is 0 Å². The van der Waals surface area contributed by atoms with Crippen molar-refractivity contribution in [3.63, 3.8) is 0 Å². The second-order valence-corrected chi connectivity index (χ2v) is 5.01. The SMILES string of the molecule is CCCC(C)C(=O)Nc1cc(C)nc2ccccc12. The van der Waals surface area contributed by atoms with Gasteiger partial charge < -0.3 is 5.32 Å². The van der Waals surface area contributed by atoms with Crippen LogP contribution in [-0.2, 0) is 4.79 Å². The second kappa shape index (κ2) is 5.83. The minimum Gasteiger partial charge on any atom is -0.325 e. The molecule has 1 amide bonds. The number of pyridine rings is 1. The highest BCUT2D eigenvalue weighted by atomic mass is 16.1. The molecule has 3 heteroatoms. The average molecular weight is 256 g/mol. The smallest absolute Gasteiger partial charge is 0.227 e. The predicted molar refractivity (Wildman–Crippen MR) is 79.2 cm³/mol. The molecule has 0 aliphatic carbocycles. The Hall–Kier alpha value is -1.90. The van der Waals surface area contributed by atoms with Crippen molar-refractivity contribution in [3.8, 4) is 0 Å². The van der Waals surface area contributed by atoms with E-state index in [2.05, 4.69) is 17.2 Å². The Morgan fingerprint density at radius 2 is 2.11 bits per heavy atom. The third-order valence-corrected chi connectivity index (χ3v) is 3.27. The highest BCUT2D eigenvalue weighted by molar-refractivity contribution is 6.01. The summed E-state index contributed by atoms with van der Waals surface area (Å²) in [5.41, 5.74) is 2.69. The molecule has 2 rings (SSSR count). The van der Waals surface area contributed by atoms with E-state index in [9.17, 15) is 4.79 Å². The van der Waals surface area contributed by atoms with E-state index in [1.165, 1.54) is 0 Å². The third kappa shape index (κ3) is 3.11. The van der Waals surface area contributed by atoms with Crippen LogP contribution in [0.5, 0.6) is 0 Å². The Bertz CT molecular complexity index is 592. The third-order valence-electron chi connectivity index (χ3n) is 3.27. The fourth-order valence-corrected chi connectivity index (χ4v) is 2.23. The Kier molecular flexibility index (Phi) is 4.15. The molecule has 0 saturated carbocycles. The first kappa shape index (κ1) is 13.5. The van der Waals surface area contributed by atoms with Crippen molar-refractivity contribution in [3.05, 3.63) is 36.0 Å². The molecule has 1 aromatic heterocycles. The number of hydrogen-bond acceptors (Lipinski definition) is 2. The molecule has 1 N–H and O–H groups in total. The number of fused-ring (bicyclic) bond motifs is 1. The number of carbonyl (C=O) groups is 1. The number of nitrogens with zero attached hydrogens (tertiary/aromatic N) is 1. The van der Waals surface area contributed by atoms with Crippen molar-refractivity contribution >= 4 is 22.5 Å². The lowest BCUT2D eigenvalue weighted by Gasteiger charge is -2.13. The number of benzene rings is 1. The summed E-state index contributed by atoms with van der Waals surface area (Å²) >= 11 is 0. The van der Waals surface area contributed by atoms with Gasteiger partial charge in [-0.05, 0) is 25.5 Å². The van der Waals surface area contributed by atoms with Crippen LogP contribution in [0, 0.1) is 12.8 Å². The predicted octanol–water partition coefficient (Wildman–Crippen LogP) is 3.92. The van der Waals surface area contributed by atoms with E-state index in [0.717, 1.165) is 35.1 Å². The number of nitrogens with one attached hydrogen (secondary N) is 1. The van der Waals surface area contributed by atoms with Crippen molar-refractivity contribution in [2.75, 3.05) is 5.32 Å². The topological polar surface area (TPSA) is 42.0 Å². The zero-order valence-electron chi connectivity index (χ0n) is 11.7. The highest BCUT2D eigenvalue weighted by Crippen LogP contribution is 2.23. The number of aromatic nitrogens is 1. The largest absolute Gasteiger partial charge is 0.325 e. The molecule has 19 heavy (non-hydrogen) atoms. The molecule has 100 valence electrons. The lowest BCUT2D eigenvalue weighted by Crippen LogP contribution is -2.20. The van der Waals surface area contributed by atoms with E-state index in [1.54, 1.807) is 0 Å². The van der Waals surface area contributed by atoms with E-state index < -0.39 is 0 Å². The minimum atomic E-state index is 0.0391. The maximum Gasteiger partial charge on any atom is 0.227 e. The van der Waals surface area contributed by atoms with Crippen LogP contribution < -0.4 is 5.32 Å². The first-order chi connectivity index (χ1) is 9.11. The Morgan fingerprint density at radius 3 is 2.84 bits per heavy atom. The molecular weight excluding hydrogens is 236 g/mol. The van der Waals surface area contributed by atoms with Crippen molar-refractivity contribution in [1.82, 2.24) is 4.98 Å². The molecule has 2 aromatic rings. The van der Waals surface area contributed by atoms with Crippen LogP contribution in [0.15, 0.2) is 30.3 Å². The molecule has 1 atom stereocenters. The summed E-state index contributed by atoms with van der Waals surface area (Å²) in [5.74, 6) is 0.120. The molecule has 3 nitrogen and oxygen atoms in total. The first-order valence-electron chi connectivity index (χ1n) is 6.79. The van der Waals surface area contributed by atoms with E-state index in [0.29, 0.717) is 0 Å². The van der Waals surface area contributed by atoms with Gasteiger partial charge in [-0.25, -0.2) is 0 Å². The first-order valence-corrected chi connectivity index (χ1v) is 6.79. The summed E-state index contributed by atoms with van der Waals surface area (Å²) in [7, 11) is 0. The van der Waals surface area contributed by atoms with Gasteiger partial charge in [0.15, 0.2) is 0 Å². The molecule has 0 saturated heterocycles. The van der Waals surface area contributed by atoms with E-state index in [-0.39, 0.29) is 11.8 Å². The zero-order valence-corrected chi connectivity index (χ0v) is 11.7. The molecule has 0 spiro atoms. The molecule has 0 fully saturated rings. The van der Waals surface area contributed by atoms with Crippen molar-refractivity contribution in [2.45, 2.75) is 33.6 Å². The molecule has 1 aromatic carbocycles. The lowest BCUT2D eigenvalue weighted by atomic mass is 10.0. The van der Waals surface area contributed by atoms with E-state index in [1.807, 2.05) is 44.2 Å². The van der Waals surface area contributed by atoms with Crippen LogP contribution in [0.1, 0.15) is 32.4 Å². The van der Waals surface area contributed by atoms with Gasteiger partial charge in [-0.2, -0.15) is 0 Å². The number of anilines is 1. The van der Waals surface area contributed by atoms with Gasteiger partial charge in [0.25, 0.3) is 0 Å². The van der Waals surface area contributed by atoms with Gasteiger partial charge in [-0.15, -0.1) is 0 Å². The number of amides is 1. The lowest BCUT2D eigenvalue weighted by molar-refractivity contribution is -0.119. The van der Waals surface area contributed by atoms with Gasteiger partial charge >= 0.3 is 0 Å². The van der Waals surface area contributed by atoms with Crippen molar-refractivity contribution < 1.29 is 4.79 Å². The Morgan fingerprint density at radius 1 is 1.37 bits per heavy atom. The van der Waals surface area contributed by atoms with Crippen LogP contribution in [0.4, 0.5) is 5.69 Å². The maximum atomic E-state index is 12.1. The molecular formula is C16H20N2O. The van der Waals surface area contributed by atoms with Gasteiger partial charge in [0, 0.05) is 17.0 Å². The second-order valence-electron chi connectivity index (χ2n) is 5.01. The monoisotopic (exact) mass is 256 g/mol. The fourth-order valence-electron chi connectivity index (χ4n) is 2.23. The number of hydrogen-bond donors (Lipinski definition) is 1. The summed E-state index contributed by atoms with van der Waals surface area (Å²) in [6, 6.07) is 9.80. The van der Waals surface area contributed by atoms with E-state index in [4.69, 9.17) is 0 Å². The molecule has 0 aliphatic rings. The zero-order chi connectivity index (χ0) is 13.8. The normalized spacial score (nSPS) is 12.4. The molecule has 0 aliphatic heterocycles. The fraction of sp³-hybridized carbons (Fsp3) is 0.375. The molecule has 1 heterocycles. The van der Waals surface area contributed by atoms with Gasteiger partial charge in [0.1, 0.15) is 0 Å². The maximum absolute atomic E-state index is 12.1. The van der Waals surface area contributed by atoms with E-state index >= 15 is 0 Å². The highest BCUT2D eigenvalue weighted by Gasteiger charge is 2.13. The Labute approximate surface area is 114 Å². The summed E-state index contributed by atoms with van der Waals surface area (Å²) in [6.07, 6.45) is 1.93. The van der Waals surface area contributed by atoms with Crippen LogP contribution in [0.2, 0.25) is 0 Å². The standard InChI is InChI=1S/C16H20N2O/c1-4-7-11(2)16(19)18-15-10-12(3)17-14-9-6-5-8-13(14)15/h5-6,8-11H,4,7H2,1-3H3,(H,17,18,19). The van der Waals surface area contributed by atoms with Gasteiger partial charge in [0.05, 0.1) is 11.2 Å². The number of rotatable bonds is 4. The van der Waals surface area contributed by atoms with Gasteiger partial charge in [-0.3, -0.25) is 9.78 Å². The number of aryl methyl sites for hydroxylation is 1. The summed E-state index contributed by atoms with van der Waals surface area (Å²) in [5, 5.41) is 4.02. The minimum absolute atomic E-state index is 0.0391. The number of carbonyl (C=O) groups excluding carboxylic acids is 1. The summed E-state index contributed by atoms with van der Waals surface area (Å²) in [4.78, 5) is 16.6. The van der Waals surface area contributed by atoms with Gasteiger partial charge in [-0.1, -0.05) is 38.5 Å². The van der Waals surface area contributed by atoms with Crippen LogP contribution >= 0.6 is 0 Å². The summed E-state index contributed by atoms with van der Waals surface area (Å²) < 4.78 is 0. The molecule has 1 unspecified atom stereocenters. The van der Waals surface area contributed by atoms with Gasteiger partial charge in [0.2, 0.25) is 5.91 Å². The summed E-state index contributed by atoms with van der Waals surface area (Å²) in [6.45, 7) is 6.00. The molecule has 0 radical (unpaired) electrons. The van der Waals surface area contributed by atoms with Crippen molar-refractivity contribution in [2.24, 2.45) is 5.92 Å². The quantitative estimate of drug-likeness (QED) is 0.901. The molecule has 0 bridgehead atoms.